The molecule has 0 aliphatic carbocycles. The molecule has 8 nitrogen and oxygen atoms in total. The van der Waals surface area contributed by atoms with E-state index in [1.807, 2.05) is 113 Å². The van der Waals surface area contributed by atoms with Crippen molar-refractivity contribution in [3.63, 3.8) is 0 Å². The predicted molar refractivity (Wildman–Crippen MR) is 205 cm³/mol. The topological polar surface area (TPSA) is 125 Å². The zero-order chi connectivity index (χ0) is 38.2. The molecule has 4 atom stereocenters. The highest BCUT2D eigenvalue weighted by molar-refractivity contribution is 6.20. The van der Waals surface area contributed by atoms with Gasteiger partial charge in [-0.2, -0.15) is 0 Å². The minimum absolute atomic E-state index is 0.000425. The summed E-state index contributed by atoms with van der Waals surface area (Å²) in [5.74, 6) is -2.68. The van der Waals surface area contributed by atoms with Gasteiger partial charge >= 0.3 is 19.6 Å². The summed E-state index contributed by atoms with van der Waals surface area (Å²) in [6.45, 7) is 13.5. The molecular formula is C43H52BNO7. The van der Waals surface area contributed by atoms with Crippen molar-refractivity contribution in [3.05, 3.63) is 126 Å². The van der Waals surface area contributed by atoms with Gasteiger partial charge in [-0.3, -0.25) is 14.4 Å². The van der Waals surface area contributed by atoms with Gasteiger partial charge in [-0.1, -0.05) is 138 Å². The molecule has 0 bridgehead atoms. The van der Waals surface area contributed by atoms with Crippen molar-refractivity contribution >= 4 is 25.6 Å². The Kier molecular flexibility index (Phi) is 12.9. The summed E-state index contributed by atoms with van der Waals surface area (Å²) in [7, 11) is -0.790. The highest BCUT2D eigenvalue weighted by Crippen LogP contribution is 2.54. The van der Waals surface area contributed by atoms with E-state index in [0.717, 1.165) is 16.7 Å². The molecule has 0 aliphatic heterocycles. The molecule has 0 saturated carbocycles. The number of carbonyl (C=O) groups is 3. The number of benzene rings is 4. The van der Waals surface area contributed by atoms with E-state index < -0.39 is 53.2 Å². The molecule has 0 saturated heterocycles. The first-order valence-corrected chi connectivity index (χ1v) is 17.7. The second kappa shape index (κ2) is 16.7. The maximum Gasteiger partial charge on any atom is 0.506 e. The second-order valence-corrected chi connectivity index (χ2v) is 15.4. The van der Waals surface area contributed by atoms with Gasteiger partial charge in [0.15, 0.2) is 0 Å². The van der Waals surface area contributed by atoms with Gasteiger partial charge in [0, 0.05) is 5.54 Å². The van der Waals surface area contributed by atoms with Crippen molar-refractivity contribution in [3.8, 4) is 16.9 Å². The fourth-order valence-electron chi connectivity index (χ4n) is 6.76. The zero-order valence-corrected chi connectivity index (χ0v) is 31.4. The fraction of sp³-hybridized carbons (Fsp3) is 0.372. The first-order valence-electron chi connectivity index (χ1n) is 17.7. The first kappa shape index (κ1) is 40.1. The van der Waals surface area contributed by atoms with E-state index in [4.69, 9.17) is 19.9 Å². The minimum atomic E-state index is -1.41. The van der Waals surface area contributed by atoms with Crippen LogP contribution in [0.15, 0.2) is 115 Å². The molecule has 4 rings (SSSR count). The summed E-state index contributed by atoms with van der Waals surface area (Å²) in [6.07, 6.45) is 0.188. The maximum absolute atomic E-state index is 14.7. The molecule has 0 heterocycles. The third-order valence-corrected chi connectivity index (χ3v) is 11.4. The van der Waals surface area contributed by atoms with Crippen molar-refractivity contribution in [2.24, 2.45) is 27.9 Å². The van der Waals surface area contributed by atoms with Crippen molar-refractivity contribution < 1.29 is 33.5 Å². The minimum Gasteiger partial charge on any atom is -0.512 e. The van der Waals surface area contributed by atoms with Crippen LogP contribution in [0.2, 0.25) is 0 Å². The largest absolute Gasteiger partial charge is 0.512 e. The van der Waals surface area contributed by atoms with Gasteiger partial charge in [0.05, 0.1) is 17.3 Å². The Hall–Kier alpha value is -4.73. The Morgan fingerprint density at radius 1 is 0.731 bits per heavy atom. The number of carbonyl (C=O) groups excluding carboxylic acids is 3. The third-order valence-electron chi connectivity index (χ3n) is 11.4. The van der Waals surface area contributed by atoms with E-state index in [-0.39, 0.29) is 25.4 Å². The van der Waals surface area contributed by atoms with Crippen LogP contribution in [0.4, 0.5) is 0 Å². The Morgan fingerprint density at radius 3 is 1.81 bits per heavy atom. The predicted octanol–water partition coefficient (Wildman–Crippen LogP) is 7.78. The average molecular weight is 706 g/mol. The van der Waals surface area contributed by atoms with Gasteiger partial charge in [-0.25, -0.2) is 0 Å². The van der Waals surface area contributed by atoms with Crippen LogP contribution in [0, 0.1) is 22.2 Å². The highest BCUT2D eigenvalue weighted by Gasteiger charge is 2.57. The van der Waals surface area contributed by atoms with Crippen LogP contribution in [0.1, 0.15) is 78.4 Å². The summed E-state index contributed by atoms with van der Waals surface area (Å²) in [4.78, 5) is 41.5. The summed E-state index contributed by atoms with van der Waals surface area (Å²) in [6, 6.07) is 35.7. The van der Waals surface area contributed by atoms with Crippen molar-refractivity contribution in [1.82, 2.24) is 0 Å². The number of ether oxygens (including phenoxy) is 2. The molecule has 4 unspecified atom stereocenters. The average Bonchev–Trinajstić information content (AvgIpc) is 3.13. The lowest BCUT2D eigenvalue weighted by Crippen LogP contribution is -2.61. The number of rotatable bonds is 16. The molecule has 274 valence electrons. The van der Waals surface area contributed by atoms with E-state index in [9.17, 15) is 19.4 Å². The van der Waals surface area contributed by atoms with E-state index in [2.05, 4.69) is 0 Å². The maximum atomic E-state index is 14.7. The normalized spacial score (nSPS) is 15.2. The highest BCUT2D eigenvalue weighted by atomic mass is 16.6. The van der Waals surface area contributed by atoms with Gasteiger partial charge in [-0.05, 0) is 71.9 Å². The van der Waals surface area contributed by atoms with E-state index in [1.165, 1.54) is 0 Å². The Morgan fingerprint density at radius 2 is 1.25 bits per heavy atom. The SMILES string of the molecule is CC(C(=O)OCc1ccccc1)C(C)(C)C(C)(C)CC(C)(C(=O)Oc1ccc(-c2ccccc2)cc1)C(C)(N)CC(C(=O)OBO)c1ccccc1. The monoisotopic (exact) mass is 705 g/mol. The van der Waals surface area contributed by atoms with Crippen LogP contribution >= 0.6 is 0 Å². The Balaban J connectivity index is 1.69. The second-order valence-electron chi connectivity index (χ2n) is 15.4. The standard InChI is InChI=1S/C43H52BNO7/c1-30(37(46)50-28-31-17-11-8-12-18-31)41(4,5)40(2,3)29-42(6,39(48)51-35-25-23-33(24-26-35)32-19-13-9-14-20-32)43(7,45)27-36(38(47)52-44-49)34-21-15-10-16-22-34/h8-26,30,36,44,49H,27-29,45H2,1-7H3. The lowest BCUT2D eigenvalue weighted by Gasteiger charge is -2.52. The molecule has 52 heavy (non-hydrogen) atoms. The molecule has 0 amide bonds. The van der Waals surface area contributed by atoms with Crippen molar-refractivity contribution in [2.75, 3.05) is 0 Å². The van der Waals surface area contributed by atoms with E-state index >= 15 is 0 Å². The molecule has 0 spiro atoms. The quantitative estimate of drug-likeness (QED) is 0.0688. The smallest absolute Gasteiger partial charge is 0.506 e. The molecule has 0 aromatic heterocycles. The molecular weight excluding hydrogens is 653 g/mol. The Labute approximate surface area is 309 Å². The van der Waals surface area contributed by atoms with Gasteiger partial charge in [0.25, 0.3) is 5.97 Å². The summed E-state index contributed by atoms with van der Waals surface area (Å²) in [5, 5.41) is 9.49. The van der Waals surface area contributed by atoms with Crippen LogP contribution < -0.4 is 10.5 Å². The fourth-order valence-corrected chi connectivity index (χ4v) is 6.76. The molecule has 4 aromatic carbocycles. The van der Waals surface area contributed by atoms with E-state index in [0.29, 0.717) is 11.3 Å². The van der Waals surface area contributed by atoms with E-state index in [1.54, 1.807) is 50.2 Å². The van der Waals surface area contributed by atoms with Crippen molar-refractivity contribution in [1.29, 1.82) is 0 Å². The van der Waals surface area contributed by atoms with Gasteiger partial charge in [0.1, 0.15) is 12.4 Å². The lowest BCUT2D eigenvalue weighted by molar-refractivity contribution is -0.162. The van der Waals surface area contributed by atoms with Crippen LogP contribution in [-0.4, -0.2) is 36.2 Å². The molecule has 4 aromatic rings. The first-order chi connectivity index (χ1) is 24.5. The number of esters is 2. The van der Waals surface area contributed by atoms with Gasteiger partial charge in [0.2, 0.25) is 0 Å². The molecule has 3 N–H and O–H groups in total. The van der Waals surface area contributed by atoms with Crippen LogP contribution in [0.25, 0.3) is 11.1 Å². The van der Waals surface area contributed by atoms with Crippen molar-refractivity contribution in [2.45, 2.75) is 79.4 Å². The third kappa shape index (κ3) is 9.19. The van der Waals surface area contributed by atoms with Gasteiger partial charge in [-0.15, -0.1) is 0 Å². The zero-order valence-electron chi connectivity index (χ0n) is 31.4. The Bertz CT molecular complexity index is 1780. The molecule has 0 aliphatic rings. The number of hydrogen-bond donors (Lipinski definition) is 2. The van der Waals surface area contributed by atoms with Gasteiger partial charge < -0.3 is 24.9 Å². The lowest BCUT2D eigenvalue weighted by atomic mass is 9.53. The van der Waals surface area contributed by atoms with Crippen LogP contribution in [0.5, 0.6) is 5.75 Å². The number of nitrogens with two attached hydrogens (primary N) is 1. The molecule has 0 radical (unpaired) electrons. The van der Waals surface area contributed by atoms with Crippen LogP contribution in [0.3, 0.4) is 0 Å². The number of hydrogen-bond acceptors (Lipinski definition) is 8. The summed E-state index contributed by atoms with van der Waals surface area (Å²) >= 11 is 0. The summed E-state index contributed by atoms with van der Waals surface area (Å²) < 4.78 is 17.0. The van der Waals surface area contributed by atoms with Crippen LogP contribution in [-0.2, 0) is 30.4 Å². The molecule has 0 fully saturated rings. The summed E-state index contributed by atoms with van der Waals surface area (Å²) in [5.41, 5.74) is 6.59. The molecule has 9 heteroatoms.